The topological polar surface area (TPSA) is 57.8 Å². The van der Waals surface area contributed by atoms with E-state index in [4.69, 9.17) is 11.6 Å². The second-order valence-corrected chi connectivity index (χ2v) is 8.03. The highest BCUT2D eigenvalue weighted by Gasteiger charge is 2.16. The quantitative estimate of drug-likeness (QED) is 0.616. The molecule has 5 heteroatoms. The molecule has 0 amide bonds. The molecule has 0 radical (unpaired) electrons. The molecule has 4 nitrogen and oxygen atoms in total. The first-order valence-corrected chi connectivity index (χ1v) is 9.74. The van der Waals surface area contributed by atoms with Crippen molar-refractivity contribution in [3.8, 4) is 0 Å². The van der Waals surface area contributed by atoms with Crippen molar-refractivity contribution in [2.45, 2.75) is 46.2 Å². The molecule has 3 aromatic rings. The van der Waals surface area contributed by atoms with Gasteiger partial charge in [0, 0.05) is 11.1 Å². The Bertz CT molecular complexity index is 977. The minimum atomic E-state index is -0.143. The van der Waals surface area contributed by atoms with Crippen LogP contribution in [-0.4, -0.2) is 9.97 Å². The van der Waals surface area contributed by atoms with Gasteiger partial charge in [0.15, 0.2) is 0 Å². The fourth-order valence-electron chi connectivity index (χ4n) is 3.28. The Kier molecular flexibility index (Phi) is 5.98. The van der Waals surface area contributed by atoms with Crippen molar-refractivity contribution >= 4 is 22.5 Å². The first kappa shape index (κ1) is 19.6. The molecule has 0 aliphatic rings. The van der Waals surface area contributed by atoms with Gasteiger partial charge in [0.2, 0.25) is 0 Å². The molecule has 2 N–H and O–H groups in total. The lowest BCUT2D eigenvalue weighted by Gasteiger charge is -2.23. The van der Waals surface area contributed by atoms with Gasteiger partial charge in [-0.25, -0.2) is 4.98 Å². The van der Waals surface area contributed by atoms with Gasteiger partial charge < -0.3 is 10.3 Å². The lowest BCUT2D eigenvalue weighted by atomic mass is 9.93. The second-order valence-electron chi connectivity index (χ2n) is 7.60. The number of fused-ring (bicyclic) bond motifs is 1. The smallest absolute Gasteiger partial charge is 0.258 e. The number of hydrogen-bond acceptors (Lipinski definition) is 3. The fraction of sp³-hybridized carbons (Fsp3) is 0.364. The molecule has 3 rings (SSSR count). The van der Waals surface area contributed by atoms with Crippen molar-refractivity contribution in [3.63, 3.8) is 0 Å². The van der Waals surface area contributed by atoms with E-state index >= 15 is 0 Å². The summed E-state index contributed by atoms with van der Waals surface area (Å²) in [6, 6.07) is 14.0. The molecule has 1 aromatic heterocycles. The number of aromatic nitrogens is 2. The van der Waals surface area contributed by atoms with Gasteiger partial charge in [0.25, 0.3) is 5.56 Å². The van der Waals surface area contributed by atoms with Crippen molar-refractivity contribution in [1.82, 2.24) is 15.3 Å². The maximum Gasteiger partial charge on any atom is 0.258 e. The number of benzene rings is 2. The summed E-state index contributed by atoms with van der Waals surface area (Å²) in [5, 5.41) is 4.66. The van der Waals surface area contributed by atoms with Crippen LogP contribution < -0.4 is 10.9 Å². The van der Waals surface area contributed by atoms with Crippen LogP contribution >= 0.6 is 11.6 Å². The van der Waals surface area contributed by atoms with E-state index < -0.39 is 0 Å². The third-order valence-electron chi connectivity index (χ3n) is 4.84. The predicted molar refractivity (Wildman–Crippen MR) is 112 cm³/mol. The minimum Gasteiger partial charge on any atom is -0.309 e. The second kappa shape index (κ2) is 8.24. The van der Waals surface area contributed by atoms with E-state index in [2.05, 4.69) is 67.2 Å². The molecule has 142 valence electrons. The van der Waals surface area contributed by atoms with Crippen molar-refractivity contribution < 1.29 is 0 Å². The summed E-state index contributed by atoms with van der Waals surface area (Å²) < 4.78 is 0. The van der Waals surface area contributed by atoms with Crippen LogP contribution in [0.2, 0.25) is 5.02 Å². The Hall–Kier alpha value is -2.17. The van der Waals surface area contributed by atoms with Crippen LogP contribution in [0.4, 0.5) is 0 Å². The van der Waals surface area contributed by atoms with Gasteiger partial charge >= 0.3 is 0 Å². The van der Waals surface area contributed by atoms with Gasteiger partial charge in [-0.1, -0.05) is 63.6 Å². The third-order valence-corrected chi connectivity index (χ3v) is 5.07. The van der Waals surface area contributed by atoms with E-state index in [-0.39, 0.29) is 11.6 Å². The molecule has 0 saturated heterocycles. The molecule has 2 aromatic carbocycles. The molecule has 27 heavy (non-hydrogen) atoms. The van der Waals surface area contributed by atoms with E-state index in [1.807, 2.05) is 0 Å². The summed E-state index contributed by atoms with van der Waals surface area (Å²) in [4.78, 5) is 19.7. The van der Waals surface area contributed by atoms with Crippen LogP contribution in [0.5, 0.6) is 0 Å². The van der Waals surface area contributed by atoms with Crippen molar-refractivity contribution in [2.24, 2.45) is 5.92 Å². The first-order valence-electron chi connectivity index (χ1n) is 9.37. The first-order chi connectivity index (χ1) is 12.8. The Morgan fingerprint density at radius 2 is 1.70 bits per heavy atom. The largest absolute Gasteiger partial charge is 0.309 e. The molecular weight excluding hydrogens is 358 g/mol. The molecule has 0 aliphatic carbocycles. The van der Waals surface area contributed by atoms with E-state index in [9.17, 15) is 4.79 Å². The minimum absolute atomic E-state index is 0.143. The van der Waals surface area contributed by atoms with E-state index in [0.717, 1.165) is 0 Å². The third kappa shape index (κ3) is 4.57. The number of rotatable bonds is 6. The van der Waals surface area contributed by atoms with Crippen molar-refractivity contribution in [2.75, 3.05) is 0 Å². The molecular formula is C22H26ClN3O. The molecule has 0 spiro atoms. The number of nitrogens with zero attached hydrogens (tertiary/aromatic N) is 1. The average molecular weight is 384 g/mol. The molecule has 1 atom stereocenters. The van der Waals surface area contributed by atoms with Crippen LogP contribution in [0.3, 0.4) is 0 Å². The Morgan fingerprint density at radius 1 is 1.04 bits per heavy atom. The predicted octanol–water partition coefficient (Wildman–Crippen LogP) is 5.19. The summed E-state index contributed by atoms with van der Waals surface area (Å²) >= 11 is 6.04. The molecule has 0 unspecified atom stereocenters. The van der Waals surface area contributed by atoms with Crippen LogP contribution in [0, 0.1) is 5.92 Å². The zero-order chi connectivity index (χ0) is 19.6. The maximum atomic E-state index is 12.3. The maximum absolute atomic E-state index is 12.3. The number of nitrogens with one attached hydrogen (secondary N) is 2. The van der Waals surface area contributed by atoms with Gasteiger partial charge in [-0.3, -0.25) is 4.79 Å². The Labute approximate surface area is 165 Å². The van der Waals surface area contributed by atoms with Crippen LogP contribution in [-0.2, 0) is 6.54 Å². The summed E-state index contributed by atoms with van der Waals surface area (Å²) in [5.41, 5.74) is 3.04. The number of H-pyrrole nitrogens is 1. The van der Waals surface area contributed by atoms with Crippen LogP contribution in [0.1, 0.15) is 56.6 Å². The van der Waals surface area contributed by atoms with Crippen molar-refractivity contribution in [1.29, 1.82) is 0 Å². The van der Waals surface area contributed by atoms with E-state index in [1.165, 1.54) is 11.1 Å². The molecule has 0 aliphatic heterocycles. The van der Waals surface area contributed by atoms with Crippen molar-refractivity contribution in [3.05, 3.63) is 74.8 Å². The Balaban J connectivity index is 1.82. The lowest BCUT2D eigenvalue weighted by molar-refractivity contribution is 0.406. The molecule has 0 saturated carbocycles. The number of halogens is 1. The van der Waals surface area contributed by atoms with Gasteiger partial charge in [-0.2, -0.15) is 0 Å². The number of aromatic amines is 1. The highest BCUT2D eigenvalue weighted by Crippen LogP contribution is 2.24. The average Bonchev–Trinajstić information content (AvgIpc) is 2.61. The monoisotopic (exact) mass is 383 g/mol. The zero-order valence-corrected chi connectivity index (χ0v) is 17.0. The van der Waals surface area contributed by atoms with Crippen LogP contribution in [0.15, 0.2) is 47.3 Å². The summed E-state index contributed by atoms with van der Waals surface area (Å²) in [5.74, 6) is 1.53. The summed E-state index contributed by atoms with van der Waals surface area (Å²) in [6.45, 7) is 9.24. The highest BCUT2D eigenvalue weighted by atomic mass is 35.5. The summed E-state index contributed by atoms with van der Waals surface area (Å²) in [7, 11) is 0. The van der Waals surface area contributed by atoms with E-state index in [1.54, 1.807) is 18.2 Å². The summed E-state index contributed by atoms with van der Waals surface area (Å²) in [6.07, 6.45) is 0. The zero-order valence-electron chi connectivity index (χ0n) is 16.2. The van der Waals surface area contributed by atoms with Gasteiger partial charge in [0.1, 0.15) is 5.82 Å². The molecule has 0 bridgehead atoms. The van der Waals surface area contributed by atoms with E-state index in [0.29, 0.717) is 40.1 Å². The van der Waals surface area contributed by atoms with Gasteiger partial charge in [-0.05, 0) is 41.2 Å². The number of hydrogen-bond donors (Lipinski definition) is 2. The Morgan fingerprint density at radius 3 is 2.33 bits per heavy atom. The fourth-order valence-corrected chi connectivity index (χ4v) is 3.44. The lowest BCUT2D eigenvalue weighted by Crippen LogP contribution is -2.27. The SMILES string of the molecule is CC(C)c1ccc([C@H](NCc2nc3cc(Cl)ccc3c(=O)[nH]2)C(C)C)cc1. The standard InChI is InChI=1S/C22H26ClN3O/c1-13(2)15-5-7-16(8-6-15)21(14(3)4)24-12-20-25-19-11-17(23)9-10-18(19)22(27)26-20/h5-11,13-14,21,24H,12H2,1-4H3,(H,25,26,27)/t21-/m1/s1. The van der Waals surface area contributed by atoms with Gasteiger partial charge in [0.05, 0.1) is 17.4 Å². The molecule has 1 heterocycles. The molecule has 0 fully saturated rings. The van der Waals surface area contributed by atoms with Gasteiger partial charge in [-0.15, -0.1) is 0 Å². The highest BCUT2D eigenvalue weighted by molar-refractivity contribution is 6.31. The normalized spacial score (nSPS) is 12.9. The van der Waals surface area contributed by atoms with Crippen LogP contribution in [0.25, 0.3) is 10.9 Å².